The summed E-state index contributed by atoms with van der Waals surface area (Å²) < 4.78 is 31.7. The fraction of sp³-hybridized carbons (Fsp3) is 0.438. The Morgan fingerprint density at radius 1 is 0.561 bits per heavy atom. The molecule has 14 rings (SSSR count). The molecule has 123 heavy (non-hydrogen) atoms. The normalized spacial score (nSPS) is 15.7. The van der Waals surface area contributed by atoms with Crippen LogP contribution in [0.4, 0.5) is 16.2 Å². The van der Waals surface area contributed by atoms with E-state index in [1.807, 2.05) is 125 Å². The number of nitrogens with one attached hydrogen (secondary N) is 8. The average Bonchev–Trinajstić information content (AvgIpc) is 1.64. The monoisotopic (exact) mass is 1680 g/mol. The van der Waals surface area contributed by atoms with Gasteiger partial charge in [0.2, 0.25) is 0 Å². The maximum Gasteiger partial charge on any atom is 0.410 e. The van der Waals surface area contributed by atoms with E-state index in [-0.39, 0.29) is 74.9 Å². The zero-order valence-corrected chi connectivity index (χ0v) is 72.9. The van der Waals surface area contributed by atoms with Crippen molar-refractivity contribution in [3.8, 4) is 33.8 Å². The minimum atomic E-state index is -0.401. The van der Waals surface area contributed by atoms with Gasteiger partial charge in [0.15, 0.2) is 11.3 Å². The predicted octanol–water partition coefficient (Wildman–Crippen LogP) is 14.4. The Morgan fingerprint density at radius 3 is 1.46 bits per heavy atom. The van der Waals surface area contributed by atoms with Gasteiger partial charge in [-0.25, -0.2) is 24.1 Å². The Morgan fingerprint density at radius 2 is 1.02 bits per heavy atom. The highest BCUT2D eigenvalue weighted by molar-refractivity contribution is 6.02. The van der Waals surface area contributed by atoms with Gasteiger partial charge in [-0.2, -0.15) is 10.2 Å². The molecular weight excluding hydrogens is 1550 g/mol. The van der Waals surface area contributed by atoms with Gasteiger partial charge in [0.05, 0.1) is 48.8 Å². The summed E-state index contributed by atoms with van der Waals surface area (Å²) in [5.41, 5.74) is 17.4. The van der Waals surface area contributed by atoms with Gasteiger partial charge in [0.1, 0.15) is 23.4 Å². The molecule has 27 nitrogen and oxygen atoms in total. The SMILES string of the molecule is C.CCc1nc2c(cnn2CC)c(NC2CCOCC2)c1CNC(=O)c1cc(C)cc(C(=O)NCc2ccc(OC)c(-c3cccc(C=O)c3)c2)c1.CCc1nc2c(cnn2CC)c(NC2CCOCC2)c1CNC(=O)c1cc(C)cc(C(=O)NCc2ccc(OC)c(-c3cccc(CN4CCN[C@@H](C)C4)c3)c2)c1.C[C@H]1CNCCN1C(=O)OC(C)(C)C. The average molecular weight is 1680 g/mol. The predicted molar refractivity (Wildman–Crippen MR) is 484 cm³/mol. The molecule has 10 aromatic rings. The lowest BCUT2D eigenvalue weighted by Crippen LogP contribution is -2.53. The Labute approximate surface area is 723 Å². The van der Waals surface area contributed by atoms with Gasteiger partial charge >= 0.3 is 6.09 Å². The topological polar surface area (TPSA) is 313 Å². The molecule has 4 fully saturated rings. The molecule has 4 aliphatic rings. The van der Waals surface area contributed by atoms with Gasteiger partial charge in [0.25, 0.3) is 23.6 Å². The number of anilines is 2. The molecule has 4 aliphatic heterocycles. The highest BCUT2D eigenvalue weighted by Crippen LogP contribution is 2.37. The fourth-order valence-electron chi connectivity index (χ4n) is 16.0. The van der Waals surface area contributed by atoms with Crippen LogP contribution in [0.1, 0.15) is 198 Å². The minimum Gasteiger partial charge on any atom is -0.496 e. The number of hydrogen-bond donors (Lipinski definition) is 8. The van der Waals surface area contributed by atoms with Crippen molar-refractivity contribution >= 4 is 69.4 Å². The number of piperazine rings is 2. The van der Waals surface area contributed by atoms with Crippen molar-refractivity contribution in [1.29, 1.82) is 0 Å². The fourth-order valence-corrected chi connectivity index (χ4v) is 16.0. The summed E-state index contributed by atoms with van der Waals surface area (Å²) in [6.07, 6.45) is 9.29. The van der Waals surface area contributed by atoms with Gasteiger partial charge in [-0.1, -0.05) is 69.8 Å². The summed E-state index contributed by atoms with van der Waals surface area (Å²) in [5, 5.41) is 37.7. The van der Waals surface area contributed by atoms with Gasteiger partial charge in [0, 0.05) is 197 Å². The lowest BCUT2D eigenvalue weighted by Gasteiger charge is -2.35. The summed E-state index contributed by atoms with van der Waals surface area (Å²) in [5.74, 6) is 0.338. The zero-order chi connectivity index (χ0) is 86.6. The summed E-state index contributed by atoms with van der Waals surface area (Å²) in [6.45, 7) is 33.6. The van der Waals surface area contributed by atoms with Crippen LogP contribution >= 0.6 is 0 Å². The van der Waals surface area contributed by atoms with Gasteiger partial charge < -0.3 is 71.1 Å². The van der Waals surface area contributed by atoms with E-state index in [4.69, 9.17) is 33.7 Å². The van der Waals surface area contributed by atoms with Gasteiger partial charge in [-0.15, -0.1) is 0 Å². The van der Waals surface area contributed by atoms with Crippen molar-refractivity contribution in [2.75, 3.05) is 90.5 Å². The van der Waals surface area contributed by atoms with Crippen LogP contribution in [0, 0.1) is 13.8 Å². The van der Waals surface area contributed by atoms with Gasteiger partial charge in [-0.05, 0) is 213 Å². The van der Waals surface area contributed by atoms with E-state index in [9.17, 15) is 28.8 Å². The molecule has 0 aliphatic carbocycles. The molecule has 654 valence electrons. The maximum absolute atomic E-state index is 13.8. The smallest absolute Gasteiger partial charge is 0.410 e. The van der Waals surface area contributed by atoms with Gasteiger partial charge in [-0.3, -0.25) is 28.9 Å². The van der Waals surface area contributed by atoms with Crippen molar-refractivity contribution < 1.29 is 52.5 Å². The molecule has 0 saturated carbocycles. The lowest BCUT2D eigenvalue weighted by molar-refractivity contribution is 0.0140. The van der Waals surface area contributed by atoms with Crippen molar-refractivity contribution in [2.45, 2.75) is 198 Å². The molecule has 4 aromatic heterocycles. The summed E-state index contributed by atoms with van der Waals surface area (Å²) in [7, 11) is 3.28. The van der Waals surface area contributed by atoms with E-state index in [0.29, 0.717) is 98.5 Å². The number of fused-ring (bicyclic) bond motifs is 2. The first kappa shape index (κ1) is 92.1. The second-order valence-corrected chi connectivity index (χ2v) is 32.7. The van der Waals surface area contributed by atoms with Crippen LogP contribution in [-0.2, 0) is 72.9 Å². The van der Waals surface area contributed by atoms with E-state index >= 15 is 0 Å². The second-order valence-electron chi connectivity index (χ2n) is 32.7. The van der Waals surface area contributed by atoms with Crippen LogP contribution in [0.3, 0.4) is 0 Å². The van der Waals surface area contributed by atoms with Crippen molar-refractivity contribution in [3.63, 3.8) is 0 Å². The van der Waals surface area contributed by atoms with E-state index in [0.717, 1.165) is 184 Å². The van der Waals surface area contributed by atoms with Crippen LogP contribution in [-0.4, -0.2) is 185 Å². The van der Waals surface area contributed by atoms with Crippen LogP contribution in [0.25, 0.3) is 44.3 Å². The Bertz CT molecular complexity index is 5330. The quantitative estimate of drug-likeness (QED) is 0.0222. The number of carbonyl (C=O) groups is 6. The minimum absolute atomic E-state index is 0. The third-order valence-electron chi connectivity index (χ3n) is 22.4. The van der Waals surface area contributed by atoms with Crippen LogP contribution in [0.2, 0.25) is 0 Å². The highest BCUT2D eigenvalue weighted by atomic mass is 16.6. The molecule has 0 spiro atoms. The lowest BCUT2D eigenvalue weighted by atomic mass is 9.99. The van der Waals surface area contributed by atoms with Crippen LogP contribution in [0.5, 0.6) is 11.5 Å². The number of rotatable bonds is 27. The number of pyridine rings is 2. The number of aryl methyl sites for hydroxylation is 6. The second kappa shape index (κ2) is 43.4. The van der Waals surface area contributed by atoms with Crippen LogP contribution in [0.15, 0.2) is 134 Å². The summed E-state index contributed by atoms with van der Waals surface area (Å²) in [4.78, 5) is 91.8. The molecule has 0 unspecified atom stereocenters. The summed E-state index contributed by atoms with van der Waals surface area (Å²) in [6, 6.07) is 39.2. The van der Waals surface area contributed by atoms with E-state index in [1.54, 1.807) is 55.5 Å². The van der Waals surface area contributed by atoms with E-state index in [2.05, 4.69) is 116 Å². The third kappa shape index (κ3) is 24.0. The molecule has 27 heteroatoms. The number of ether oxygens (including phenoxy) is 5. The third-order valence-corrected chi connectivity index (χ3v) is 22.4. The molecule has 0 radical (unpaired) electrons. The molecule has 8 heterocycles. The Balaban J connectivity index is 0.000000206. The summed E-state index contributed by atoms with van der Waals surface area (Å²) >= 11 is 0. The molecule has 4 saturated heterocycles. The standard InChI is InChI=1S/C45H56N8O4.C40H44N6O5.C10H20N2O2.CH4/c1-6-40-38(42(50-36-13-17-57-18-14-36)39-26-49-53(7-2)43(39)51-40)25-48-45(55)35-20-29(3)19-34(23-35)44(54)47-24-31-11-12-41(56-5)37(22-31)33-10-8-9-32(21-33)28-52-16-15-46-30(4)27-52;1-5-35-33(37(44-31-12-14-51-15-13-31)34-23-43-46(6-2)38(34)45-35)22-42-40(49)30-17-25(3)16-29(20-30)39(48)41-21-26-10-11-36(50-4)32(19-26)28-9-7-8-27(18-28)24-47;1-8-7-11-5-6-12(8)9(13)14-10(2,3)4;/h8-12,19-23,26,30,36,46H,6-7,13-18,24-25,27-28H2,1-5H3,(H,47,54)(H,48,55)(H,50,51);7-11,16-20,23-24,31H,5-6,12-15,21-22H2,1-4H3,(H,41,48)(H,42,49)(H,44,45);8,11H,5-7H2,1-4H3;1H4/t30-;;8-;/m0.0./s1. The highest BCUT2D eigenvalue weighted by Gasteiger charge is 2.30. The largest absolute Gasteiger partial charge is 0.496 e. The Hall–Kier alpha value is -11.6. The number of methoxy groups -OCH3 is 2. The number of carbonyl (C=O) groups excluding carboxylic acids is 6. The number of amides is 5. The molecule has 8 N–H and O–H groups in total. The first-order valence-electron chi connectivity index (χ1n) is 42.9. The maximum atomic E-state index is 13.8. The number of nitrogens with zero attached hydrogens (tertiary/aromatic N) is 8. The molecule has 2 atom stereocenters. The number of hydrogen-bond acceptors (Lipinski definition) is 20. The molecule has 0 bridgehead atoms. The molecule has 5 amide bonds. The first-order valence-corrected chi connectivity index (χ1v) is 42.9. The number of aldehydes is 1. The van der Waals surface area contributed by atoms with Crippen molar-refractivity contribution in [1.82, 2.24) is 71.2 Å². The Kier molecular flexibility index (Phi) is 32.5. The van der Waals surface area contributed by atoms with E-state index in [1.165, 1.54) is 5.56 Å². The zero-order valence-electron chi connectivity index (χ0n) is 72.9. The molecule has 6 aromatic carbocycles. The number of benzene rings is 6. The molecular formula is C96H124N16O11. The number of aromatic nitrogens is 6. The van der Waals surface area contributed by atoms with Crippen molar-refractivity contribution in [3.05, 3.63) is 212 Å². The van der Waals surface area contributed by atoms with Crippen LogP contribution < -0.4 is 52.0 Å². The van der Waals surface area contributed by atoms with Crippen molar-refractivity contribution in [2.24, 2.45) is 0 Å². The van der Waals surface area contributed by atoms with E-state index < -0.39 is 5.60 Å². The first-order chi connectivity index (χ1) is 58.9.